The van der Waals surface area contributed by atoms with Crippen LogP contribution in [-0.4, -0.2) is 51.3 Å². The second-order valence-electron chi connectivity index (χ2n) is 6.93. The summed E-state index contributed by atoms with van der Waals surface area (Å²) in [6.07, 6.45) is 5.95. The molecule has 0 spiro atoms. The Balaban J connectivity index is 1.43. The van der Waals surface area contributed by atoms with Gasteiger partial charge in [-0.3, -0.25) is 19.5 Å². The lowest BCUT2D eigenvalue weighted by Gasteiger charge is -2.22. The quantitative estimate of drug-likeness (QED) is 0.483. The highest BCUT2D eigenvalue weighted by atomic mass is 32.1. The molecule has 9 heteroatoms. The number of aryl methyl sites for hydroxylation is 1. The van der Waals surface area contributed by atoms with E-state index >= 15 is 0 Å². The summed E-state index contributed by atoms with van der Waals surface area (Å²) < 4.78 is 0. The number of hydrogen-bond acceptors (Lipinski definition) is 6. The van der Waals surface area contributed by atoms with E-state index in [1.54, 1.807) is 23.7 Å². The molecule has 29 heavy (non-hydrogen) atoms. The van der Waals surface area contributed by atoms with E-state index < -0.39 is 11.6 Å². The number of imide groups is 1. The number of aromatic nitrogens is 2. The molecule has 1 aliphatic rings. The number of urea groups is 1. The number of pyridine rings is 1. The van der Waals surface area contributed by atoms with Crippen molar-refractivity contribution in [3.8, 4) is 11.3 Å². The molecule has 1 saturated heterocycles. The molecule has 3 rings (SSSR count). The maximum absolute atomic E-state index is 12.5. The van der Waals surface area contributed by atoms with E-state index in [1.165, 1.54) is 0 Å². The predicted octanol–water partition coefficient (Wildman–Crippen LogP) is 2.36. The fourth-order valence-corrected chi connectivity index (χ4v) is 4.15. The van der Waals surface area contributed by atoms with Crippen LogP contribution >= 0.6 is 11.3 Å². The standard InChI is InChI=1S/C20H25N5O3S/c1-3-20(4-2)18(27)25(19(28)24-20)12-16(26)22-9-5-6-17-23-15(13-29-17)14-7-10-21-11-8-14/h7-8,10-11,13H,3-6,9,12H2,1-2H3,(H,22,26)(H,24,28). The van der Waals surface area contributed by atoms with Gasteiger partial charge in [-0.2, -0.15) is 0 Å². The molecule has 3 heterocycles. The lowest BCUT2D eigenvalue weighted by atomic mass is 9.93. The number of hydrogen-bond donors (Lipinski definition) is 2. The van der Waals surface area contributed by atoms with E-state index in [4.69, 9.17) is 0 Å². The average molecular weight is 416 g/mol. The van der Waals surface area contributed by atoms with Gasteiger partial charge in [0.1, 0.15) is 12.1 Å². The third-order valence-corrected chi connectivity index (χ3v) is 6.08. The zero-order chi connectivity index (χ0) is 20.9. The zero-order valence-electron chi connectivity index (χ0n) is 16.6. The first-order valence-corrected chi connectivity index (χ1v) is 10.6. The van der Waals surface area contributed by atoms with Gasteiger partial charge < -0.3 is 10.6 Å². The predicted molar refractivity (Wildman–Crippen MR) is 110 cm³/mol. The number of nitrogens with one attached hydrogen (secondary N) is 2. The molecule has 2 N–H and O–H groups in total. The second-order valence-corrected chi connectivity index (χ2v) is 7.87. The Morgan fingerprint density at radius 3 is 2.62 bits per heavy atom. The largest absolute Gasteiger partial charge is 0.355 e. The van der Waals surface area contributed by atoms with E-state index in [-0.39, 0.29) is 18.4 Å². The van der Waals surface area contributed by atoms with Crippen molar-refractivity contribution in [2.75, 3.05) is 13.1 Å². The Hall–Kier alpha value is -2.81. The number of amides is 4. The summed E-state index contributed by atoms with van der Waals surface area (Å²) in [5.41, 5.74) is 1.07. The number of rotatable bonds is 9. The Labute approximate surface area is 173 Å². The van der Waals surface area contributed by atoms with Gasteiger partial charge in [-0.25, -0.2) is 9.78 Å². The van der Waals surface area contributed by atoms with Gasteiger partial charge in [0.2, 0.25) is 5.91 Å². The van der Waals surface area contributed by atoms with Crippen LogP contribution < -0.4 is 10.6 Å². The van der Waals surface area contributed by atoms with Crippen molar-refractivity contribution < 1.29 is 14.4 Å². The van der Waals surface area contributed by atoms with E-state index in [1.807, 2.05) is 31.4 Å². The fraction of sp³-hybridized carbons (Fsp3) is 0.450. The van der Waals surface area contributed by atoms with E-state index in [0.717, 1.165) is 34.0 Å². The molecule has 2 aromatic heterocycles. The SMILES string of the molecule is CCC1(CC)NC(=O)N(CC(=O)NCCCc2nc(-c3ccncc3)cs2)C1=O. The van der Waals surface area contributed by atoms with Gasteiger partial charge in [0.05, 0.1) is 10.7 Å². The molecule has 0 bridgehead atoms. The van der Waals surface area contributed by atoms with Crippen molar-refractivity contribution >= 4 is 29.2 Å². The van der Waals surface area contributed by atoms with Gasteiger partial charge in [-0.05, 0) is 31.4 Å². The Morgan fingerprint density at radius 1 is 1.24 bits per heavy atom. The highest BCUT2D eigenvalue weighted by molar-refractivity contribution is 7.09. The molecule has 0 unspecified atom stereocenters. The molecule has 0 aromatic carbocycles. The van der Waals surface area contributed by atoms with Crippen molar-refractivity contribution in [1.82, 2.24) is 25.5 Å². The minimum atomic E-state index is -0.880. The molecule has 0 radical (unpaired) electrons. The van der Waals surface area contributed by atoms with Crippen molar-refractivity contribution in [2.24, 2.45) is 0 Å². The van der Waals surface area contributed by atoms with E-state index in [0.29, 0.717) is 19.4 Å². The summed E-state index contributed by atoms with van der Waals surface area (Å²) in [5, 5.41) is 8.51. The highest BCUT2D eigenvalue weighted by Crippen LogP contribution is 2.24. The Bertz CT molecular complexity index is 879. The number of thiazole rings is 1. The fourth-order valence-electron chi connectivity index (χ4n) is 3.30. The van der Waals surface area contributed by atoms with Crippen LogP contribution in [0, 0.1) is 0 Å². The molecule has 0 saturated carbocycles. The first-order valence-electron chi connectivity index (χ1n) is 9.74. The summed E-state index contributed by atoms with van der Waals surface area (Å²) >= 11 is 1.58. The van der Waals surface area contributed by atoms with Crippen LogP contribution in [-0.2, 0) is 16.0 Å². The minimum Gasteiger partial charge on any atom is -0.355 e. The van der Waals surface area contributed by atoms with Crippen molar-refractivity contribution in [3.05, 3.63) is 34.9 Å². The Kier molecular flexibility index (Phi) is 6.58. The van der Waals surface area contributed by atoms with E-state index in [2.05, 4.69) is 20.6 Å². The molecule has 1 fully saturated rings. The number of carbonyl (C=O) groups is 3. The third-order valence-electron chi connectivity index (χ3n) is 5.17. The molecular formula is C20H25N5O3S. The van der Waals surface area contributed by atoms with Crippen LogP contribution in [0.1, 0.15) is 38.1 Å². The zero-order valence-corrected chi connectivity index (χ0v) is 17.4. The smallest absolute Gasteiger partial charge is 0.325 e. The summed E-state index contributed by atoms with van der Waals surface area (Å²) in [5.74, 6) is -0.665. The van der Waals surface area contributed by atoms with Crippen LogP contribution in [0.4, 0.5) is 4.79 Å². The van der Waals surface area contributed by atoms with Crippen molar-refractivity contribution in [3.63, 3.8) is 0 Å². The molecular weight excluding hydrogens is 390 g/mol. The van der Waals surface area contributed by atoms with Crippen LogP contribution in [0.25, 0.3) is 11.3 Å². The van der Waals surface area contributed by atoms with Gasteiger partial charge in [0.25, 0.3) is 5.91 Å². The van der Waals surface area contributed by atoms with Gasteiger partial charge in [-0.1, -0.05) is 13.8 Å². The van der Waals surface area contributed by atoms with Gasteiger partial charge in [-0.15, -0.1) is 11.3 Å². The lowest BCUT2D eigenvalue weighted by Crippen LogP contribution is -2.46. The van der Waals surface area contributed by atoms with Gasteiger partial charge in [0, 0.05) is 36.3 Å². The average Bonchev–Trinajstić information content (AvgIpc) is 3.30. The molecule has 4 amide bonds. The lowest BCUT2D eigenvalue weighted by molar-refractivity contribution is -0.135. The molecule has 1 aliphatic heterocycles. The Morgan fingerprint density at radius 2 is 1.97 bits per heavy atom. The minimum absolute atomic E-state index is 0.254. The van der Waals surface area contributed by atoms with Gasteiger partial charge >= 0.3 is 6.03 Å². The van der Waals surface area contributed by atoms with E-state index in [9.17, 15) is 14.4 Å². The summed E-state index contributed by atoms with van der Waals surface area (Å²) in [6.45, 7) is 3.91. The monoisotopic (exact) mass is 415 g/mol. The maximum atomic E-state index is 12.5. The van der Waals surface area contributed by atoms with Crippen molar-refractivity contribution in [1.29, 1.82) is 0 Å². The molecule has 0 aliphatic carbocycles. The number of carbonyl (C=O) groups excluding carboxylic acids is 3. The van der Waals surface area contributed by atoms with Crippen molar-refractivity contribution in [2.45, 2.75) is 45.1 Å². The normalized spacial score (nSPS) is 15.4. The molecule has 8 nitrogen and oxygen atoms in total. The second kappa shape index (κ2) is 9.13. The molecule has 2 aromatic rings. The summed E-state index contributed by atoms with van der Waals surface area (Å²) in [6, 6.07) is 3.33. The third kappa shape index (κ3) is 4.61. The summed E-state index contributed by atoms with van der Waals surface area (Å²) in [4.78, 5) is 46.4. The van der Waals surface area contributed by atoms with Crippen LogP contribution in [0.5, 0.6) is 0 Å². The topological polar surface area (TPSA) is 104 Å². The van der Waals surface area contributed by atoms with Gasteiger partial charge in [0.15, 0.2) is 0 Å². The first-order chi connectivity index (χ1) is 14.0. The number of nitrogens with zero attached hydrogens (tertiary/aromatic N) is 3. The van der Waals surface area contributed by atoms with Crippen LogP contribution in [0.3, 0.4) is 0 Å². The van der Waals surface area contributed by atoms with Crippen LogP contribution in [0.15, 0.2) is 29.9 Å². The first kappa shape index (κ1) is 20.9. The highest BCUT2D eigenvalue weighted by Gasteiger charge is 2.49. The molecule has 0 atom stereocenters. The van der Waals surface area contributed by atoms with Crippen LogP contribution in [0.2, 0.25) is 0 Å². The molecule has 154 valence electrons. The maximum Gasteiger partial charge on any atom is 0.325 e. The summed E-state index contributed by atoms with van der Waals surface area (Å²) in [7, 11) is 0.